The van der Waals surface area contributed by atoms with E-state index >= 15 is 0 Å². The molecule has 0 heterocycles. The highest BCUT2D eigenvalue weighted by Crippen LogP contribution is 2.13. The highest BCUT2D eigenvalue weighted by Gasteiger charge is 2.35. The third-order valence-corrected chi connectivity index (χ3v) is 10.2. The lowest BCUT2D eigenvalue weighted by atomic mass is 10.0. The van der Waals surface area contributed by atoms with Gasteiger partial charge in [-0.1, -0.05) is 104 Å². The molecule has 60 heavy (non-hydrogen) atoms. The molecule has 0 aromatic heterocycles. The van der Waals surface area contributed by atoms with Crippen LogP contribution in [0.3, 0.4) is 0 Å². The number of aliphatic hydroxyl groups excluding tert-OH is 5. The zero-order valence-electron chi connectivity index (χ0n) is 36.8. The van der Waals surface area contributed by atoms with E-state index in [1.54, 1.807) is 0 Å². The first-order valence-electron chi connectivity index (χ1n) is 22.0. The number of unbranched alkanes of at least 4 members (excludes halogenated alkanes) is 13. The summed E-state index contributed by atoms with van der Waals surface area (Å²) in [7, 11) is 0. The normalized spacial score (nSPS) is 16.5. The molecular weight excluding hydrogens is 780 g/mol. The maximum atomic E-state index is 13.5. The monoisotopic (exact) mass is 861 g/mol. The van der Waals surface area contributed by atoms with E-state index in [0.29, 0.717) is 19.3 Å². The predicted octanol–water partition coefficient (Wildman–Crippen LogP) is -0.325. The SMILES string of the molecule is CCCCCCCCCCCCCCCC(=O)NC[C@H](O)N[C@H](C(=O)N[C@@H](CC(N)=O)C(=O)NC(CC(N)=O)[C@H](O)N[C@H](C(=O)N[C@@H](CCCC)[C@@H](C)O)C(C)O)C(C)O. The Morgan fingerprint density at radius 2 is 0.967 bits per heavy atom. The van der Waals surface area contributed by atoms with E-state index in [1.165, 1.54) is 78.6 Å². The fraction of sp³-hybridized carbons (Fsp3) is 0.854. The van der Waals surface area contributed by atoms with Gasteiger partial charge >= 0.3 is 0 Å². The van der Waals surface area contributed by atoms with E-state index in [4.69, 9.17) is 11.5 Å². The van der Waals surface area contributed by atoms with Gasteiger partial charge in [0.25, 0.3) is 0 Å². The van der Waals surface area contributed by atoms with Gasteiger partial charge in [-0.3, -0.25) is 39.4 Å². The number of carbonyl (C=O) groups excluding carboxylic acids is 6. The van der Waals surface area contributed by atoms with Crippen molar-refractivity contribution >= 4 is 35.4 Å². The molecule has 0 aliphatic rings. The summed E-state index contributed by atoms with van der Waals surface area (Å²) in [6, 6.07) is -7.01. The number of hydrogen-bond donors (Lipinski definition) is 13. The highest BCUT2D eigenvalue weighted by atomic mass is 16.3. The average Bonchev–Trinajstić information content (AvgIpc) is 3.16. The molecule has 0 aromatic carbocycles. The van der Waals surface area contributed by atoms with Crippen molar-refractivity contribution in [3.63, 3.8) is 0 Å². The molecule has 15 N–H and O–H groups in total. The van der Waals surface area contributed by atoms with Gasteiger partial charge in [-0.2, -0.15) is 0 Å². The molecular formula is C41H80N8O11. The van der Waals surface area contributed by atoms with Crippen molar-refractivity contribution in [3.8, 4) is 0 Å². The van der Waals surface area contributed by atoms with Crippen LogP contribution in [0.2, 0.25) is 0 Å². The first-order chi connectivity index (χ1) is 28.3. The lowest BCUT2D eigenvalue weighted by molar-refractivity contribution is -0.135. The Balaban J connectivity index is 5.30. The maximum Gasteiger partial charge on any atom is 0.243 e. The van der Waals surface area contributed by atoms with Gasteiger partial charge in [-0.25, -0.2) is 0 Å². The summed E-state index contributed by atoms with van der Waals surface area (Å²) in [5.41, 5.74) is 10.7. The van der Waals surface area contributed by atoms with E-state index < -0.39 is 103 Å². The fourth-order valence-electron chi connectivity index (χ4n) is 6.58. The number of rotatable bonds is 37. The van der Waals surface area contributed by atoms with Gasteiger partial charge in [0.05, 0.1) is 49.8 Å². The quantitative estimate of drug-likeness (QED) is 0.0282. The second kappa shape index (κ2) is 33.2. The minimum atomic E-state index is -1.90. The molecule has 3 unspecified atom stereocenters. The second-order valence-electron chi connectivity index (χ2n) is 16.0. The molecule has 0 fully saturated rings. The summed E-state index contributed by atoms with van der Waals surface area (Å²) < 4.78 is 0. The molecule has 0 radical (unpaired) electrons. The van der Waals surface area contributed by atoms with Gasteiger partial charge in [0, 0.05) is 6.42 Å². The average molecular weight is 861 g/mol. The van der Waals surface area contributed by atoms with Gasteiger partial charge < -0.3 is 58.3 Å². The van der Waals surface area contributed by atoms with Crippen LogP contribution in [0, 0.1) is 0 Å². The van der Waals surface area contributed by atoms with E-state index in [0.717, 1.165) is 25.7 Å². The third kappa shape index (κ3) is 26.7. The van der Waals surface area contributed by atoms with Crippen molar-refractivity contribution in [1.82, 2.24) is 31.9 Å². The summed E-state index contributed by atoms with van der Waals surface area (Å²) in [6.45, 7) is 7.82. The molecule has 0 rings (SSSR count). The Hall–Kier alpha value is -3.46. The maximum absolute atomic E-state index is 13.5. The van der Waals surface area contributed by atoms with Crippen LogP contribution < -0.4 is 43.4 Å². The number of nitrogens with one attached hydrogen (secondary N) is 6. The molecule has 0 saturated heterocycles. The molecule has 0 aromatic rings. The van der Waals surface area contributed by atoms with Crippen LogP contribution in [-0.4, -0.2) is 128 Å². The first kappa shape index (κ1) is 56.5. The molecule has 0 bridgehead atoms. The summed E-state index contributed by atoms with van der Waals surface area (Å²) >= 11 is 0. The summed E-state index contributed by atoms with van der Waals surface area (Å²) in [6.07, 6.45) is 8.70. The molecule has 6 amide bonds. The van der Waals surface area contributed by atoms with Crippen molar-refractivity contribution < 1.29 is 54.3 Å². The Bertz CT molecular complexity index is 1240. The van der Waals surface area contributed by atoms with Gasteiger partial charge in [0.1, 0.15) is 30.6 Å². The number of nitrogens with two attached hydrogens (primary N) is 2. The topological polar surface area (TPSA) is 328 Å². The fourth-order valence-corrected chi connectivity index (χ4v) is 6.58. The van der Waals surface area contributed by atoms with E-state index in [2.05, 4.69) is 38.8 Å². The Kier molecular flexibility index (Phi) is 31.3. The van der Waals surface area contributed by atoms with Crippen molar-refractivity contribution in [2.75, 3.05) is 6.54 Å². The Morgan fingerprint density at radius 3 is 1.43 bits per heavy atom. The molecule has 0 spiro atoms. The van der Waals surface area contributed by atoms with Crippen LogP contribution in [-0.2, 0) is 28.8 Å². The van der Waals surface area contributed by atoms with Gasteiger partial charge in [-0.05, 0) is 33.6 Å². The zero-order chi connectivity index (χ0) is 45.6. The van der Waals surface area contributed by atoms with Crippen LogP contribution in [0.5, 0.6) is 0 Å². The smallest absolute Gasteiger partial charge is 0.243 e. The van der Waals surface area contributed by atoms with E-state index in [9.17, 15) is 54.3 Å². The second-order valence-corrected chi connectivity index (χ2v) is 16.0. The molecule has 10 atom stereocenters. The lowest BCUT2D eigenvalue weighted by Crippen LogP contribution is -2.63. The number of hydrogen-bond acceptors (Lipinski definition) is 13. The van der Waals surface area contributed by atoms with Crippen molar-refractivity contribution in [1.29, 1.82) is 0 Å². The van der Waals surface area contributed by atoms with Crippen molar-refractivity contribution in [2.45, 2.75) is 218 Å². The molecule has 0 saturated carbocycles. The number of aliphatic hydroxyl groups is 5. The number of primary amides is 2. The summed E-state index contributed by atoms with van der Waals surface area (Å²) in [5.74, 6) is -5.28. The van der Waals surface area contributed by atoms with Crippen LogP contribution in [0.15, 0.2) is 0 Å². The van der Waals surface area contributed by atoms with Crippen LogP contribution in [0.25, 0.3) is 0 Å². The predicted molar refractivity (Wildman–Crippen MR) is 227 cm³/mol. The molecule has 0 aliphatic heterocycles. The Labute approximate surface area is 356 Å². The number of carbonyl (C=O) groups is 6. The standard InChI is InChI=1S/C41H80N8O11/c1-6-8-10-11-12-13-14-15-16-17-18-19-20-22-34(55)44-25-35(56)48-36(27(4)51)40(59)47-30(23-32(42)53)38(57)46-31(24-33(43)54)39(58)49-37(28(5)52)41(60)45-29(26(3)50)21-9-7-2/h26-31,35-37,39,48-52,56,58H,6-25H2,1-5H3,(H2,42,53)(H2,43,54)(H,44,55)(H,45,60)(H,46,57)(H,47,59)/t26-,27?,28?,29+,30+,31?,35+,36+,37+,39+/m1/s1. The summed E-state index contributed by atoms with van der Waals surface area (Å²) in [4.78, 5) is 76.2. The van der Waals surface area contributed by atoms with Gasteiger partial charge in [-0.15, -0.1) is 0 Å². The number of amides is 6. The molecule has 19 heteroatoms. The minimum absolute atomic E-state index is 0.255. The summed E-state index contributed by atoms with van der Waals surface area (Å²) in [5, 5.41) is 67.2. The van der Waals surface area contributed by atoms with Gasteiger partial charge in [0.15, 0.2) is 0 Å². The molecule has 19 nitrogen and oxygen atoms in total. The third-order valence-electron chi connectivity index (χ3n) is 10.2. The van der Waals surface area contributed by atoms with E-state index in [-0.39, 0.29) is 18.9 Å². The van der Waals surface area contributed by atoms with Gasteiger partial charge in [0.2, 0.25) is 35.4 Å². The van der Waals surface area contributed by atoms with Crippen LogP contribution in [0.1, 0.15) is 157 Å². The lowest BCUT2D eigenvalue weighted by Gasteiger charge is -2.32. The molecule has 0 aliphatic carbocycles. The highest BCUT2D eigenvalue weighted by molar-refractivity contribution is 5.93. The minimum Gasteiger partial charge on any atom is -0.391 e. The zero-order valence-corrected chi connectivity index (χ0v) is 36.8. The van der Waals surface area contributed by atoms with E-state index in [1.807, 2.05) is 6.92 Å². The largest absolute Gasteiger partial charge is 0.391 e. The first-order valence-corrected chi connectivity index (χ1v) is 22.0. The van der Waals surface area contributed by atoms with Crippen molar-refractivity contribution in [2.24, 2.45) is 11.5 Å². The van der Waals surface area contributed by atoms with Crippen molar-refractivity contribution in [3.05, 3.63) is 0 Å². The van der Waals surface area contributed by atoms with Crippen LogP contribution >= 0.6 is 0 Å². The molecule has 350 valence electrons. The van der Waals surface area contributed by atoms with Crippen LogP contribution in [0.4, 0.5) is 0 Å². The Morgan fingerprint density at radius 1 is 0.517 bits per heavy atom.